The average molecular weight is 327 g/mol. The fourth-order valence-electron chi connectivity index (χ4n) is 2.30. The van der Waals surface area contributed by atoms with Gasteiger partial charge < -0.3 is 10.6 Å². The van der Waals surface area contributed by atoms with E-state index in [2.05, 4.69) is 39.9 Å². The number of nitrogens with zero attached hydrogens (tertiary/aromatic N) is 1. The van der Waals surface area contributed by atoms with Gasteiger partial charge in [0.05, 0.1) is 0 Å². The quantitative estimate of drug-likeness (QED) is 0.836. The molecule has 0 radical (unpaired) electrons. The number of thiocarbonyl (C=S) groups is 1. The first-order chi connectivity index (χ1) is 8.61. The molecule has 1 aromatic rings. The highest BCUT2D eigenvalue weighted by molar-refractivity contribution is 9.10. The summed E-state index contributed by atoms with van der Waals surface area (Å²) in [4.78, 5) is 2.87. The van der Waals surface area contributed by atoms with Crippen molar-refractivity contribution in [3.8, 4) is 0 Å². The van der Waals surface area contributed by atoms with Crippen LogP contribution in [0.15, 0.2) is 22.7 Å². The molecular weight excluding hydrogens is 308 g/mol. The van der Waals surface area contributed by atoms with E-state index in [-0.39, 0.29) is 0 Å². The second-order valence-electron chi connectivity index (χ2n) is 4.86. The van der Waals surface area contributed by atoms with Crippen LogP contribution >= 0.6 is 28.1 Å². The van der Waals surface area contributed by atoms with Gasteiger partial charge in [0.2, 0.25) is 0 Å². The van der Waals surface area contributed by atoms with E-state index in [1.165, 1.54) is 24.9 Å². The Labute approximate surface area is 123 Å². The van der Waals surface area contributed by atoms with Crippen LogP contribution < -0.4 is 10.6 Å². The summed E-state index contributed by atoms with van der Waals surface area (Å²) >= 11 is 8.57. The molecule has 2 nitrogen and oxygen atoms in total. The third-order valence-electron chi connectivity index (χ3n) is 3.67. The third kappa shape index (κ3) is 3.04. The Morgan fingerprint density at radius 2 is 2.22 bits per heavy atom. The van der Waals surface area contributed by atoms with Crippen molar-refractivity contribution in [2.24, 2.45) is 11.7 Å². The standard InChI is InChI=1S/C14H19BrN2S/c1-2-17(9-10-4-3-5-10)11-6-7-12(14(16)18)13(15)8-11/h6-8,10H,2-5,9H2,1H3,(H2,16,18). The predicted octanol–water partition coefficient (Wildman–Crippen LogP) is 3.71. The highest BCUT2D eigenvalue weighted by Gasteiger charge is 2.20. The number of nitrogens with two attached hydrogens (primary N) is 1. The van der Waals surface area contributed by atoms with Gasteiger partial charge in [-0.25, -0.2) is 0 Å². The fraction of sp³-hybridized carbons (Fsp3) is 0.500. The van der Waals surface area contributed by atoms with Gasteiger partial charge in [0, 0.05) is 28.8 Å². The Morgan fingerprint density at radius 3 is 2.67 bits per heavy atom. The number of hydrogen-bond acceptors (Lipinski definition) is 2. The van der Waals surface area contributed by atoms with Gasteiger partial charge in [-0.05, 0) is 59.8 Å². The van der Waals surface area contributed by atoms with Crippen LogP contribution in [0.1, 0.15) is 31.7 Å². The molecule has 0 spiro atoms. The molecule has 1 aliphatic carbocycles. The largest absolute Gasteiger partial charge is 0.389 e. The third-order valence-corrected chi connectivity index (χ3v) is 4.54. The van der Waals surface area contributed by atoms with Crippen LogP contribution in [0.4, 0.5) is 5.69 Å². The van der Waals surface area contributed by atoms with Crippen LogP contribution in [0.5, 0.6) is 0 Å². The van der Waals surface area contributed by atoms with Crippen molar-refractivity contribution >= 4 is 38.8 Å². The van der Waals surface area contributed by atoms with Gasteiger partial charge in [0.1, 0.15) is 4.99 Å². The van der Waals surface area contributed by atoms with E-state index in [1.54, 1.807) is 0 Å². The van der Waals surface area contributed by atoms with E-state index in [9.17, 15) is 0 Å². The Balaban J connectivity index is 2.14. The second kappa shape index (κ2) is 6.02. The lowest BCUT2D eigenvalue weighted by Crippen LogP contribution is -2.32. The van der Waals surface area contributed by atoms with Gasteiger partial charge in [0.25, 0.3) is 0 Å². The Bertz CT molecular complexity index is 443. The molecule has 1 aliphatic rings. The van der Waals surface area contributed by atoms with E-state index < -0.39 is 0 Å². The van der Waals surface area contributed by atoms with Crippen molar-refractivity contribution in [1.82, 2.24) is 0 Å². The summed E-state index contributed by atoms with van der Waals surface area (Å²) < 4.78 is 0.986. The second-order valence-corrected chi connectivity index (χ2v) is 6.16. The molecule has 2 N–H and O–H groups in total. The fourth-order valence-corrected chi connectivity index (χ4v) is 3.19. The number of halogens is 1. The molecule has 1 aromatic carbocycles. The lowest BCUT2D eigenvalue weighted by Gasteiger charge is -2.33. The first-order valence-electron chi connectivity index (χ1n) is 6.46. The summed E-state index contributed by atoms with van der Waals surface area (Å²) in [5.41, 5.74) is 7.83. The van der Waals surface area contributed by atoms with Gasteiger partial charge in [0.15, 0.2) is 0 Å². The van der Waals surface area contributed by atoms with Gasteiger partial charge in [-0.2, -0.15) is 0 Å². The van der Waals surface area contributed by atoms with Crippen molar-refractivity contribution in [2.45, 2.75) is 26.2 Å². The van der Waals surface area contributed by atoms with Gasteiger partial charge in [-0.3, -0.25) is 0 Å². The predicted molar refractivity (Wildman–Crippen MR) is 85.3 cm³/mol. The van der Waals surface area contributed by atoms with Crippen LogP contribution in [-0.2, 0) is 0 Å². The van der Waals surface area contributed by atoms with Gasteiger partial charge in [-0.15, -0.1) is 0 Å². The van der Waals surface area contributed by atoms with Gasteiger partial charge >= 0.3 is 0 Å². The zero-order valence-electron chi connectivity index (χ0n) is 10.7. The smallest absolute Gasteiger partial charge is 0.105 e. The number of rotatable bonds is 5. The SMILES string of the molecule is CCN(CC1CCC1)c1ccc(C(N)=S)c(Br)c1. The molecule has 0 amide bonds. The zero-order chi connectivity index (χ0) is 13.1. The number of benzene rings is 1. The average Bonchev–Trinajstić information content (AvgIpc) is 2.27. The minimum Gasteiger partial charge on any atom is -0.389 e. The summed E-state index contributed by atoms with van der Waals surface area (Å²) in [6.45, 7) is 4.40. The van der Waals surface area contributed by atoms with Crippen LogP contribution in [0.2, 0.25) is 0 Å². The topological polar surface area (TPSA) is 29.3 Å². The van der Waals surface area contributed by atoms with Crippen molar-refractivity contribution in [2.75, 3.05) is 18.0 Å². The normalized spacial score (nSPS) is 15.2. The Morgan fingerprint density at radius 1 is 1.50 bits per heavy atom. The van der Waals surface area contributed by atoms with Crippen LogP contribution in [0.25, 0.3) is 0 Å². The van der Waals surface area contributed by atoms with Crippen molar-refractivity contribution in [3.05, 3.63) is 28.2 Å². The molecule has 0 unspecified atom stereocenters. The Hall–Kier alpha value is -0.610. The first-order valence-corrected chi connectivity index (χ1v) is 7.66. The number of anilines is 1. The maximum Gasteiger partial charge on any atom is 0.105 e. The van der Waals surface area contributed by atoms with Crippen molar-refractivity contribution in [1.29, 1.82) is 0 Å². The van der Waals surface area contributed by atoms with E-state index in [1.807, 2.05) is 6.07 Å². The zero-order valence-corrected chi connectivity index (χ0v) is 13.1. The summed E-state index contributed by atoms with van der Waals surface area (Å²) in [6, 6.07) is 6.24. The van der Waals surface area contributed by atoms with E-state index in [4.69, 9.17) is 18.0 Å². The molecular formula is C14H19BrN2S. The minimum absolute atomic E-state index is 0.440. The molecule has 1 fully saturated rings. The molecule has 18 heavy (non-hydrogen) atoms. The van der Waals surface area contributed by atoms with Crippen LogP contribution in [-0.4, -0.2) is 18.1 Å². The maximum absolute atomic E-state index is 5.67. The van der Waals surface area contributed by atoms with E-state index in [0.717, 1.165) is 29.0 Å². The molecule has 0 saturated heterocycles. The molecule has 98 valence electrons. The molecule has 0 heterocycles. The molecule has 4 heteroatoms. The Kier molecular flexibility index (Phi) is 4.62. The minimum atomic E-state index is 0.440. The summed E-state index contributed by atoms with van der Waals surface area (Å²) in [7, 11) is 0. The highest BCUT2D eigenvalue weighted by Crippen LogP contribution is 2.30. The highest BCUT2D eigenvalue weighted by atomic mass is 79.9. The van der Waals surface area contributed by atoms with Crippen LogP contribution in [0.3, 0.4) is 0 Å². The van der Waals surface area contributed by atoms with E-state index in [0.29, 0.717) is 4.99 Å². The monoisotopic (exact) mass is 326 g/mol. The van der Waals surface area contributed by atoms with Gasteiger partial charge in [-0.1, -0.05) is 18.6 Å². The lowest BCUT2D eigenvalue weighted by atomic mass is 9.85. The van der Waals surface area contributed by atoms with Crippen molar-refractivity contribution in [3.63, 3.8) is 0 Å². The number of hydrogen-bond donors (Lipinski definition) is 1. The summed E-state index contributed by atoms with van der Waals surface area (Å²) in [5.74, 6) is 0.874. The first kappa shape index (κ1) is 13.8. The van der Waals surface area contributed by atoms with Crippen LogP contribution in [0, 0.1) is 5.92 Å². The molecule has 1 saturated carbocycles. The van der Waals surface area contributed by atoms with E-state index >= 15 is 0 Å². The molecule has 0 atom stereocenters. The summed E-state index contributed by atoms with van der Waals surface area (Å²) in [5, 5.41) is 0. The van der Waals surface area contributed by atoms with Crippen molar-refractivity contribution < 1.29 is 0 Å². The lowest BCUT2D eigenvalue weighted by molar-refractivity contribution is 0.318. The molecule has 0 aliphatic heterocycles. The maximum atomic E-state index is 5.67. The molecule has 0 aromatic heterocycles. The summed E-state index contributed by atoms with van der Waals surface area (Å²) in [6.07, 6.45) is 4.15. The molecule has 2 rings (SSSR count). The molecule has 0 bridgehead atoms.